The molecule has 17 N–H and O–H groups in total. The SMILES string of the molecule is NC(=NCCCCc1ccc(-c2ccc(CCCOC(=O)CCN(C[C@@H](O)[C@H](O)[C@H](O)[C@H](O)CO)C[C@@H](O)[C@@H](O)[C@H](O)[C@H](O)CO)cc2)cc1)NC(=O)c1nc(Cl)c(N)nc1N. The summed E-state index contributed by atoms with van der Waals surface area (Å²) in [4.78, 5) is 38.0. The number of nitrogens with zero attached hydrogens (tertiary/aromatic N) is 4. The predicted octanol–water partition coefficient (Wildman–Crippen LogP) is -2.93. The maximum Gasteiger partial charge on any atom is 0.307 e. The summed E-state index contributed by atoms with van der Waals surface area (Å²) in [6.45, 7) is -2.51. The summed E-state index contributed by atoms with van der Waals surface area (Å²) in [5.74, 6) is -1.71. The number of ether oxygens (including phenoxy) is 1. The van der Waals surface area contributed by atoms with Crippen molar-refractivity contribution in [3.05, 3.63) is 70.5 Å². The van der Waals surface area contributed by atoms with E-state index in [9.17, 15) is 50.4 Å². The van der Waals surface area contributed by atoms with Gasteiger partial charge in [0, 0.05) is 26.2 Å². The van der Waals surface area contributed by atoms with E-state index in [1.807, 2.05) is 36.4 Å². The van der Waals surface area contributed by atoms with Crippen LogP contribution < -0.4 is 22.5 Å². The fraction of sp³-hybridized carbons (Fsp3) is 0.525. The molecule has 22 heteroatoms. The number of aryl methyl sites for hydroxylation is 2. The molecule has 0 fully saturated rings. The summed E-state index contributed by atoms with van der Waals surface area (Å²) < 4.78 is 5.35. The number of esters is 1. The number of rotatable bonds is 26. The summed E-state index contributed by atoms with van der Waals surface area (Å²) in [7, 11) is 0. The Kier molecular flexibility index (Phi) is 21.8. The molecule has 0 radical (unpaired) electrons. The molecule has 1 amide bonds. The van der Waals surface area contributed by atoms with Gasteiger partial charge in [0.05, 0.1) is 38.4 Å². The van der Waals surface area contributed by atoms with Crippen molar-refractivity contribution < 1.29 is 65.4 Å². The zero-order chi connectivity index (χ0) is 45.9. The minimum absolute atomic E-state index is 0.0862. The molecule has 344 valence electrons. The number of aromatic nitrogens is 2. The Hall–Kier alpha value is -4.62. The van der Waals surface area contributed by atoms with E-state index in [4.69, 9.17) is 43.8 Å². The molecule has 8 atom stereocenters. The third-order valence-corrected chi connectivity index (χ3v) is 10.1. The first kappa shape index (κ1) is 51.7. The number of nitrogens with two attached hydrogens (primary N) is 3. The smallest absolute Gasteiger partial charge is 0.307 e. The summed E-state index contributed by atoms with van der Waals surface area (Å²) in [6.07, 6.45) is -11.6. The number of carbonyl (C=O) groups excluding carboxylic acids is 2. The fourth-order valence-corrected chi connectivity index (χ4v) is 6.23. The molecule has 0 aliphatic heterocycles. The van der Waals surface area contributed by atoms with Crippen molar-refractivity contribution in [2.45, 2.75) is 87.4 Å². The van der Waals surface area contributed by atoms with Gasteiger partial charge in [-0.1, -0.05) is 60.1 Å². The molecule has 1 heterocycles. The largest absolute Gasteiger partial charge is 0.466 e. The number of anilines is 2. The molecule has 0 saturated heterocycles. The molecular weight excluding hydrogens is 836 g/mol. The number of amides is 1. The summed E-state index contributed by atoms with van der Waals surface area (Å²) in [5.41, 5.74) is 21.1. The third-order valence-electron chi connectivity index (χ3n) is 9.80. The zero-order valence-corrected chi connectivity index (χ0v) is 34.8. The lowest BCUT2D eigenvalue weighted by atomic mass is 10.00. The Balaban J connectivity index is 1.41. The van der Waals surface area contributed by atoms with Gasteiger partial charge in [0.25, 0.3) is 5.91 Å². The number of halogens is 1. The van der Waals surface area contributed by atoms with Crippen molar-refractivity contribution in [3.8, 4) is 11.1 Å². The highest BCUT2D eigenvalue weighted by molar-refractivity contribution is 6.31. The second-order valence-electron chi connectivity index (χ2n) is 14.6. The number of hydrogen-bond donors (Lipinski definition) is 14. The van der Waals surface area contributed by atoms with Gasteiger partial charge in [-0.15, -0.1) is 0 Å². The number of carbonyl (C=O) groups is 2. The van der Waals surface area contributed by atoms with E-state index in [0.717, 1.165) is 41.5 Å². The van der Waals surface area contributed by atoms with Crippen LogP contribution in [0.15, 0.2) is 53.5 Å². The van der Waals surface area contributed by atoms with Gasteiger partial charge in [-0.05, 0) is 54.4 Å². The number of hydrogen-bond acceptors (Lipinski definition) is 19. The van der Waals surface area contributed by atoms with Crippen molar-refractivity contribution in [3.63, 3.8) is 0 Å². The normalized spacial score (nSPS) is 15.9. The molecule has 0 unspecified atom stereocenters. The number of nitrogen functional groups attached to an aromatic ring is 2. The van der Waals surface area contributed by atoms with Gasteiger partial charge in [-0.25, -0.2) is 9.97 Å². The monoisotopic (exact) mass is 894 g/mol. The summed E-state index contributed by atoms with van der Waals surface area (Å²) in [5, 5.41) is 101. The van der Waals surface area contributed by atoms with E-state index in [-0.39, 0.29) is 48.0 Å². The number of guanidine groups is 1. The van der Waals surface area contributed by atoms with Gasteiger partial charge in [-0.2, -0.15) is 0 Å². The van der Waals surface area contributed by atoms with E-state index in [2.05, 4.69) is 32.4 Å². The number of benzene rings is 2. The van der Waals surface area contributed by atoms with Crippen LogP contribution in [0, 0.1) is 0 Å². The Morgan fingerprint density at radius 1 is 0.710 bits per heavy atom. The lowest BCUT2D eigenvalue weighted by molar-refractivity contribution is -0.145. The Bertz CT molecular complexity index is 1830. The van der Waals surface area contributed by atoms with Crippen LogP contribution in [0.5, 0.6) is 0 Å². The topological polar surface area (TPSA) is 377 Å². The Morgan fingerprint density at radius 2 is 1.19 bits per heavy atom. The lowest BCUT2D eigenvalue weighted by Crippen LogP contribution is -2.53. The first-order valence-corrected chi connectivity index (χ1v) is 20.3. The highest BCUT2D eigenvalue weighted by atomic mass is 35.5. The first-order valence-electron chi connectivity index (χ1n) is 19.9. The molecule has 0 bridgehead atoms. The van der Waals surface area contributed by atoms with Crippen molar-refractivity contribution >= 4 is 41.1 Å². The second-order valence-corrected chi connectivity index (χ2v) is 15.0. The van der Waals surface area contributed by atoms with Crippen LogP contribution in [0.1, 0.15) is 47.3 Å². The minimum atomic E-state index is -1.95. The average Bonchev–Trinajstić information content (AvgIpc) is 3.26. The molecule has 2 aromatic carbocycles. The van der Waals surface area contributed by atoms with Crippen molar-refractivity contribution in [1.29, 1.82) is 0 Å². The summed E-state index contributed by atoms with van der Waals surface area (Å²) in [6, 6.07) is 16.1. The molecule has 0 spiro atoms. The van der Waals surface area contributed by atoms with Crippen molar-refractivity contribution in [2.24, 2.45) is 10.7 Å². The highest BCUT2D eigenvalue weighted by Crippen LogP contribution is 2.22. The Morgan fingerprint density at radius 3 is 1.69 bits per heavy atom. The first-order chi connectivity index (χ1) is 29.4. The molecule has 3 aromatic rings. The van der Waals surface area contributed by atoms with E-state index < -0.39 is 87.0 Å². The molecule has 3 rings (SSSR count). The minimum Gasteiger partial charge on any atom is -0.466 e. The number of aliphatic hydroxyl groups excluding tert-OH is 10. The maximum absolute atomic E-state index is 12.6. The van der Waals surface area contributed by atoms with E-state index in [1.54, 1.807) is 0 Å². The molecule has 0 aliphatic rings. The fourth-order valence-electron chi connectivity index (χ4n) is 6.10. The van der Waals surface area contributed by atoms with Crippen molar-refractivity contribution in [2.75, 3.05) is 57.5 Å². The van der Waals surface area contributed by atoms with Gasteiger partial charge >= 0.3 is 5.97 Å². The molecule has 62 heavy (non-hydrogen) atoms. The van der Waals surface area contributed by atoms with E-state index in [1.165, 1.54) is 4.90 Å². The number of aliphatic imine (C=N–C) groups is 1. The van der Waals surface area contributed by atoms with Crippen LogP contribution in [-0.4, -0.2) is 179 Å². The highest BCUT2D eigenvalue weighted by Gasteiger charge is 2.34. The van der Waals surface area contributed by atoms with E-state index >= 15 is 0 Å². The molecule has 0 aliphatic carbocycles. The quantitative estimate of drug-likeness (QED) is 0.0166. The lowest BCUT2D eigenvalue weighted by Gasteiger charge is -2.33. The molecule has 1 aromatic heterocycles. The van der Waals surface area contributed by atoms with Gasteiger partial charge in [0.15, 0.2) is 28.4 Å². The van der Waals surface area contributed by atoms with Crippen LogP contribution in [0.4, 0.5) is 11.6 Å². The second kappa shape index (κ2) is 26.1. The number of aliphatic hydroxyl groups is 10. The van der Waals surface area contributed by atoms with E-state index in [0.29, 0.717) is 19.4 Å². The predicted molar refractivity (Wildman–Crippen MR) is 227 cm³/mol. The number of nitrogens with one attached hydrogen (secondary N) is 1. The maximum atomic E-state index is 12.6. The van der Waals surface area contributed by atoms with Crippen LogP contribution >= 0.6 is 11.6 Å². The summed E-state index contributed by atoms with van der Waals surface area (Å²) >= 11 is 5.82. The van der Waals surface area contributed by atoms with Crippen LogP contribution in [0.2, 0.25) is 5.15 Å². The van der Waals surface area contributed by atoms with Gasteiger partial charge in [0.1, 0.15) is 36.6 Å². The van der Waals surface area contributed by atoms with Crippen LogP contribution in [0.25, 0.3) is 11.1 Å². The number of unbranched alkanes of at least 4 members (excludes halogenated alkanes) is 1. The van der Waals surface area contributed by atoms with Crippen LogP contribution in [-0.2, 0) is 22.4 Å². The third kappa shape index (κ3) is 16.6. The van der Waals surface area contributed by atoms with Crippen LogP contribution in [0.3, 0.4) is 0 Å². The zero-order valence-electron chi connectivity index (χ0n) is 34.0. The molecular formula is C40H59ClN8O13. The van der Waals surface area contributed by atoms with Crippen molar-refractivity contribution in [1.82, 2.24) is 20.2 Å². The molecule has 0 saturated carbocycles. The van der Waals surface area contributed by atoms with Gasteiger partial charge < -0.3 is 73.0 Å². The average molecular weight is 895 g/mol. The molecule has 21 nitrogen and oxygen atoms in total. The van der Waals surface area contributed by atoms with Gasteiger partial charge in [0.2, 0.25) is 0 Å². The Labute approximate surface area is 363 Å². The van der Waals surface area contributed by atoms with Gasteiger partial charge in [-0.3, -0.25) is 24.8 Å². The standard InChI is InChI=1S/C40H59ClN8O13/c41-36-38(43)47-37(42)31(46-36)39(61)48-40(44)45-15-2-1-4-22-6-10-24(11-7-22)25-12-8-23(9-13-25)5-3-17-62-30(56)14-16-49(18-26(52)32(57)34(59)28(54)20-50)19-27(53)33(58)35(60)29(55)21-51/h6-13,26-29,32-35,50-55,57-60H,1-5,14-21H2,(H4,42,43,47)(H3,44,45,48,61)/t26-,27-,28-,29-,32-,33+,34-,35-/m1/s1.